The third-order valence-electron chi connectivity index (χ3n) is 1.56. The second-order valence-electron chi connectivity index (χ2n) is 2.51. The molecule has 0 aromatic rings. The van der Waals surface area contributed by atoms with Crippen LogP contribution < -0.4 is 5.43 Å². The van der Waals surface area contributed by atoms with E-state index in [1.165, 1.54) is 0 Å². The molecule has 0 saturated heterocycles. The van der Waals surface area contributed by atoms with Crippen LogP contribution in [0.15, 0.2) is 16.8 Å². The molecule has 1 rings (SSSR count). The molecular weight excluding hydrogens is 186 g/mol. The van der Waals surface area contributed by atoms with Gasteiger partial charge in [0.05, 0.1) is 0 Å². The molecule has 5 heteroatoms. The fourth-order valence-electron chi connectivity index (χ4n) is 1.02. The minimum Gasteiger partial charge on any atom is -0.298 e. The van der Waals surface area contributed by atoms with Gasteiger partial charge in [-0.3, -0.25) is 14.8 Å². The molecule has 1 aliphatic rings. The first-order valence-corrected chi connectivity index (χ1v) is 5.35. The molecule has 0 aliphatic carbocycles. The van der Waals surface area contributed by atoms with E-state index in [-0.39, 0.29) is 5.50 Å². The van der Waals surface area contributed by atoms with E-state index < -0.39 is 0 Å². The lowest BCUT2D eigenvalue weighted by Gasteiger charge is -2.28. The van der Waals surface area contributed by atoms with E-state index in [0.29, 0.717) is 5.57 Å². The van der Waals surface area contributed by atoms with E-state index in [4.69, 9.17) is 0 Å². The van der Waals surface area contributed by atoms with Gasteiger partial charge in [-0.25, -0.2) is 5.43 Å². The van der Waals surface area contributed by atoms with Gasteiger partial charge in [0.2, 0.25) is 0 Å². The van der Waals surface area contributed by atoms with Gasteiger partial charge in [0.15, 0.2) is 11.8 Å². The van der Waals surface area contributed by atoms with Gasteiger partial charge in [-0.15, -0.1) is 11.8 Å². The zero-order valence-corrected chi connectivity index (χ0v) is 8.54. The van der Waals surface area contributed by atoms with Crippen LogP contribution >= 0.6 is 11.8 Å². The van der Waals surface area contributed by atoms with Crippen molar-refractivity contribution in [3.63, 3.8) is 0 Å². The summed E-state index contributed by atoms with van der Waals surface area (Å²) in [6.07, 6.45) is 6.14. The predicted molar refractivity (Wildman–Crippen MR) is 55.5 cm³/mol. The number of nitrogens with one attached hydrogen (secondary N) is 1. The normalized spacial score (nSPS) is 21.5. The molecule has 1 unspecified atom stereocenters. The Morgan fingerprint density at radius 3 is 3.15 bits per heavy atom. The van der Waals surface area contributed by atoms with Crippen LogP contribution in [0.3, 0.4) is 0 Å². The highest BCUT2D eigenvalue weighted by Gasteiger charge is 2.15. The van der Waals surface area contributed by atoms with Crippen molar-refractivity contribution in [2.24, 2.45) is 4.99 Å². The van der Waals surface area contributed by atoms with Crippen LogP contribution in [-0.4, -0.2) is 35.8 Å². The third-order valence-corrected chi connectivity index (χ3v) is 2.34. The maximum absolute atomic E-state index is 10.5. The number of carbonyl (C=O) groups is 1. The average Bonchev–Trinajstić information content (AvgIpc) is 2.18. The molecule has 0 saturated carbocycles. The Bertz CT molecular complexity index is 240. The first-order valence-electron chi connectivity index (χ1n) is 4.06. The van der Waals surface area contributed by atoms with Gasteiger partial charge in [-0.2, -0.15) is 0 Å². The van der Waals surface area contributed by atoms with E-state index in [0.717, 1.165) is 12.8 Å². The van der Waals surface area contributed by atoms with Crippen molar-refractivity contribution in [1.29, 1.82) is 0 Å². The zero-order valence-electron chi connectivity index (χ0n) is 7.73. The Labute approximate surface area is 82.1 Å². The molecule has 72 valence electrons. The summed E-state index contributed by atoms with van der Waals surface area (Å²) in [5.41, 5.74) is 3.73. The first-order chi connectivity index (χ1) is 6.31. The highest BCUT2D eigenvalue weighted by Crippen LogP contribution is 2.16. The summed E-state index contributed by atoms with van der Waals surface area (Å²) >= 11 is 1.61. The van der Waals surface area contributed by atoms with Crippen molar-refractivity contribution in [3.05, 3.63) is 11.8 Å². The Hall–Kier alpha value is -0.810. The van der Waals surface area contributed by atoms with Gasteiger partial charge in [0, 0.05) is 24.5 Å². The summed E-state index contributed by atoms with van der Waals surface area (Å²) in [5, 5.41) is 1.84. The molecule has 0 radical (unpaired) electrons. The largest absolute Gasteiger partial charge is 0.298 e. The van der Waals surface area contributed by atoms with E-state index >= 15 is 0 Å². The number of hydrazine groups is 1. The van der Waals surface area contributed by atoms with Crippen molar-refractivity contribution < 1.29 is 4.79 Å². The number of hydrogen-bond acceptors (Lipinski definition) is 5. The van der Waals surface area contributed by atoms with Crippen LogP contribution in [-0.2, 0) is 4.79 Å². The summed E-state index contributed by atoms with van der Waals surface area (Å²) in [4.78, 5) is 14.7. The van der Waals surface area contributed by atoms with Crippen LogP contribution in [0.1, 0.15) is 6.92 Å². The first kappa shape index (κ1) is 10.3. The van der Waals surface area contributed by atoms with Crippen molar-refractivity contribution in [2.75, 3.05) is 12.8 Å². The van der Waals surface area contributed by atoms with Gasteiger partial charge in [0.1, 0.15) is 0 Å². The Morgan fingerprint density at radius 1 is 1.85 bits per heavy atom. The highest BCUT2D eigenvalue weighted by atomic mass is 32.2. The standard InChI is InChI=1S/C8H13N3OS/c1-3-10-11-5-7(6-12)4-9-8(11)13-2/h4-6,8,10H,3H2,1-2H3. The Balaban J connectivity index is 2.69. The van der Waals surface area contributed by atoms with Crippen molar-refractivity contribution >= 4 is 24.3 Å². The number of hydrogen-bond donors (Lipinski definition) is 1. The topological polar surface area (TPSA) is 44.7 Å². The van der Waals surface area contributed by atoms with Crippen LogP contribution in [0.2, 0.25) is 0 Å². The summed E-state index contributed by atoms with van der Waals surface area (Å²) in [7, 11) is 0. The van der Waals surface area contributed by atoms with Crippen LogP contribution in [0.5, 0.6) is 0 Å². The fraction of sp³-hybridized carbons (Fsp3) is 0.500. The molecule has 0 amide bonds. The molecule has 4 nitrogen and oxygen atoms in total. The van der Waals surface area contributed by atoms with Gasteiger partial charge in [0.25, 0.3) is 0 Å². The van der Waals surface area contributed by atoms with Crippen molar-refractivity contribution in [3.8, 4) is 0 Å². The van der Waals surface area contributed by atoms with Gasteiger partial charge >= 0.3 is 0 Å². The summed E-state index contributed by atoms with van der Waals surface area (Å²) in [6.45, 7) is 2.82. The number of carbonyl (C=O) groups excluding carboxylic acids is 1. The number of aldehydes is 1. The number of allylic oxidation sites excluding steroid dienone is 1. The number of rotatable bonds is 4. The zero-order chi connectivity index (χ0) is 9.68. The Morgan fingerprint density at radius 2 is 2.62 bits per heavy atom. The number of thioether (sulfide) groups is 1. The fourth-order valence-corrected chi connectivity index (χ4v) is 1.57. The van der Waals surface area contributed by atoms with Gasteiger partial charge < -0.3 is 0 Å². The minimum atomic E-state index is 0.0312. The maximum atomic E-state index is 10.5. The summed E-state index contributed by atoms with van der Waals surface area (Å²) in [6, 6.07) is 0. The average molecular weight is 199 g/mol. The van der Waals surface area contributed by atoms with Crippen LogP contribution in [0, 0.1) is 0 Å². The molecule has 13 heavy (non-hydrogen) atoms. The van der Waals surface area contributed by atoms with E-state index in [1.807, 2.05) is 18.2 Å². The lowest BCUT2D eigenvalue weighted by Crippen LogP contribution is -2.41. The molecule has 0 aromatic heterocycles. The molecule has 1 heterocycles. The monoisotopic (exact) mass is 199 g/mol. The smallest absolute Gasteiger partial charge is 0.181 e. The minimum absolute atomic E-state index is 0.0312. The van der Waals surface area contributed by atoms with E-state index in [9.17, 15) is 4.79 Å². The highest BCUT2D eigenvalue weighted by molar-refractivity contribution is 7.99. The lowest BCUT2D eigenvalue weighted by molar-refractivity contribution is -0.104. The third kappa shape index (κ3) is 2.57. The van der Waals surface area contributed by atoms with E-state index in [2.05, 4.69) is 10.4 Å². The Kier molecular flexibility index (Phi) is 3.98. The summed E-state index contributed by atoms with van der Waals surface area (Å²) < 4.78 is 0. The number of nitrogens with zero attached hydrogens (tertiary/aromatic N) is 2. The predicted octanol–water partition coefficient (Wildman–Crippen LogP) is 0.627. The molecule has 0 bridgehead atoms. The van der Waals surface area contributed by atoms with Gasteiger partial charge in [-0.05, 0) is 6.26 Å². The van der Waals surface area contributed by atoms with Gasteiger partial charge in [-0.1, -0.05) is 6.92 Å². The van der Waals surface area contributed by atoms with Crippen LogP contribution in [0.25, 0.3) is 0 Å². The van der Waals surface area contributed by atoms with Crippen molar-refractivity contribution in [2.45, 2.75) is 12.4 Å². The molecule has 0 spiro atoms. The molecule has 0 aromatic carbocycles. The molecular formula is C8H13N3OS. The number of aliphatic imine (C=N–C) groups is 1. The molecule has 1 N–H and O–H groups in total. The van der Waals surface area contributed by atoms with E-state index in [1.54, 1.807) is 24.2 Å². The SMILES string of the molecule is CCNN1C=C(C=O)C=NC1SC. The molecule has 0 fully saturated rings. The second-order valence-corrected chi connectivity index (χ2v) is 3.40. The van der Waals surface area contributed by atoms with Crippen LogP contribution in [0.4, 0.5) is 0 Å². The molecule has 1 atom stereocenters. The van der Waals surface area contributed by atoms with Crippen molar-refractivity contribution in [1.82, 2.24) is 10.4 Å². The quantitative estimate of drug-likeness (QED) is 0.674. The maximum Gasteiger partial charge on any atom is 0.181 e. The summed E-state index contributed by atoms with van der Waals surface area (Å²) in [5.74, 6) is 0. The lowest BCUT2D eigenvalue weighted by atomic mass is 10.3. The second kappa shape index (κ2) is 5.04. The molecule has 1 aliphatic heterocycles.